The van der Waals surface area contributed by atoms with Gasteiger partial charge in [0.05, 0.1) is 10.1 Å². The van der Waals surface area contributed by atoms with Crippen LogP contribution in [0.1, 0.15) is 44.4 Å². The Hall–Kier alpha value is -1.22. The maximum absolute atomic E-state index is 13.4. The van der Waals surface area contributed by atoms with E-state index >= 15 is 0 Å². The van der Waals surface area contributed by atoms with Crippen LogP contribution >= 0.6 is 11.3 Å². The van der Waals surface area contributed by atoms with Gasteiger partial charge < -0.3 is 4.90 Å². The zero-order valence-corrected chi connectivity index (χ0v) is 20.2. The van der Waals surface area contributed by atoms with Crippen LogP contribution in [0.2, 0.25) is 0 Å². The highest BCUT2D eigenvalue weighted by atomic mass is 32.2. The van der Waals surface area contributed by atoms with Crippen molar-refractivity contribution in [3.63, 3.8) is 0 Å². The molecule has 5 nitrogen and oxygen atoms in total. The predicted molar refractivity (Wildman–Crippen MR) is 122 cm³/mol. The first-order chi connectivity index (χ1) is 13.5. The monoisotopic (exact) mass is 454 g/mol. The van der Waals surface area contributed by atoms with Gasteiger partial charge in [0.15, 0.2) is 9.84 Å². The average Bonchev–Trinajstić information content (AvgIpc) is 3.17. The van der Waals surface area contributed by atoms with Crippen LogP contribution in [0.4, 0.5) is 5.69 Å². The Bertz CT molecular complexity index is 986. The van der Waals surface area contributed by atoms with E-state index in [1.807, 2.05) is 24.3 Å². The van der Waals surface area contributed by atoms with Gasteiger partial charge in [0, 0.05) is 24.2 Å². The molecule has 0 amide bonds. The number of thiophene rings is 1. The smallest absolute Gasteiger partial charge is 0.194 e. The highest BCUT2D eigenvalue weighted by Gasteiger charge is 2.32. The number of piperidine rings is 1. The molecule has 2 unspecified atom stereocenters. The summed E-state index contributed by atoms with van der Waals surface area (Å²) in [6.07, 6.45) is 2.18. The van der Waals surface area contributed by atoms with E-state index in [-0.39, 0.29) is 4.21 Å². The van der Waals surface area contributed by atoms with Crippen molar-refractivity contribution in [3.05, 3.63) is 41.3 Å². The van der Waals surface area contributed by atoms with Crippen LogP contribution in [0.25, 0.3) is 0 Å². The predicted octanol–water partition coefficient (Wildman–Crippen LogP) is 4.49. The minimum atomic E-state index is -3.58. The lowest BCUT2D eigenvalue weighted by molar-refractivity contribution is 0.279. The van der Waals surface area contributed by atoms with Crippen molar-refractivity contribution in [2.24, 2.45) is 5.41 Å². The van der Waals surface area contributed by atoms with Gasteiger partial charge in [0.25, 0.3) is 0 Å². The van der Waals surface area contributed by atoms with Crippen molar-refractivity contribution in [2.75, 3.05) is 32.1 Å². The van der Waals surface area contributed by atoms with Crippen molar-refractivity contribution in [2.45, 2.75) is 48.0 Å². The molecule has 2 atom stereocenters. The van der Waals surface area contributed by atoms with Gasteiger partial charge in [-0.3, -0.25) is 0 Å². The summed E-state index contributed by atoms with van der Waals surface area (Å²) in [5, 5.41) is 1.00. The number of hydrogen-bond acceptors (Lipinski definition) is 5. The summed E-state index contributed by atoms with van der Waals surface area (Å²) >= 11 is 1.15. The molecule has 29 heavy (non-hydrogen) atoms. The van der Waals surface area contributed by atoms with Crippen molar-refractivity contribution >= 4 is 37.8 Å². The number of nitrogens with zero attached hydrogens (tertiary/aromatic N) is 2. The van der Waals surface area contributed by atoms with Crippen molar-refractivity contribution in [3.8, 4) is 0 Å². The molecule has 8 heteroatoms. The van der Waals surface area contributed by atoms with Crippen LogP contribution in [0, 0.1) is 5.41 Å². The van der Waals surface area contributed by atoms with Crippen LogP contribution in [0.15, 0.2) is 44.8 Å². The third kappa shape index (κ3) is 4.76. The first-order valence-corrected chi connectivity index (χ1v) is 13.3. The van der Waals surface area contributed by atoms with Crippen molar-refractivity contribution in [1.82, 2.24) is 4.31 Å². The Balaban J connectivity index is 1.91. The van der Waals surface area contributed by atoms with Gasteiger partial charge in [0.2, 0.25) is 0 Å². The Morgan fingerprint density at radius 2 is 1.79 bits per heavy atom. The van der Waals surface area contributed by atoms with E-state index in [4.69, 9.17) is 0 Å². The number of hydrogen-bond donors (Lipinski definition) is 0. The summed E-state index contributed by atoms with van der Waals surface area (Å²) in [4.78, 5) is 2.84. The zero-order valence-electron chi connectivity index (χ0n) is 17.7. The molecule has 0 spiro atoms. The van der Waals surface area contributed by atoms with Gasteiger partial charge in [-0.2, -0.15) is 0 Å². The Morgan fingerprint density at radius 1 is 1.17 bits per heavy atom. The summed E-state index contributed by atoms with van der Waals surface area (Å²) in [5.41, 5.74) is 2.17. The molecule has 1 aliphatic heterocycles. The van der Waals surface area contributed by atoms with E-state index in [9.17, 15) is 12.6 Å². The molecular weight excluding hydrogens is 424 g/mol. The normalized spacial score (nSPS) is 19.3. The molecule has 1 saturated heterocycles. The Morgan fingerprint density at radius 3 is 2.41 bits per heavy atom. The second kappa shape index (κ2) is 8.49. The second-order valence-corrected chi connectivity index (χ2v) is 13.7. The molecule has 2 aromatic rings. The van der Waals surface area contributed by atoms with Crippen LogP contribution in [0.3, 0.4) is 0 Å². The summed E-state index contributed by atoms with van der Waals surface area (Å²) in [6, 6.07) is 9.38. The summed E-state index contributed by atoms with van der Waals surface area (Å²) in [6.45, 7) is 8.19. The zero-order chi connectivity index (χ0) is 21.4. The lowest BCUT2D eigenvalue weighted by Gasteiger charge is -2.39. The molecule has 2 heterocycles. The Kier molecular flexibility index (Phi) is 6.58. The van der Waals surface area contributed by atoms with E-state index in [1.165, 1.54) is 0 Å². The van der Waals surface area contributed by atoms with Gasteiger partial charge in [-0.15, -0.1) is 11.3 Å². The lowest BCUT2D eigenvalue weighted by atomic mass is 9.82. The standard InChI is InChI=1S/C21H30N2O3S3/c1-16(29(25,26)20-14-17(15-27-20)28(24)22(4)5)18-8-6-7-9-19(18)23-12-10-21(2,3)11-13-23/h6-9,14-16H,10-13H2,1-5H3. The summed E-state index contributed by atoms with van der Waals surface area (Å²) in [7, 11) is -1.51. The lowest BCUT2D eigenvalue weighted by Crippen LogP contribution is -2.38. The quantitative estimate of drug-likeness (QED) is 0.645. The van der Waals surface area contributed by atoms with Gasteiger partial charge in [-0.25, -0.2) is 16.9 Å². The third-order valence-corrected chi connectivity index (χ3v) is 10.7. The van der Waals surface area contributed by atoms with E-state index in [0.717, 1.165) is 48.5 Å². The molecule has 1 aliphatic rings. The molecule has 3 rings (SSSR count). The van der Waals surface area contributed by atoms with Crippen LogP contribution in [0.5, 0.6) is 0 Å². The highest BCUT2D eigenvalue weighted by molar-refractivity contribution is 7.93. The number of para-hydroxylation sites is 1. The fourth-order valence-corrected chi connectivity index (χ4v) is 7.61. The SMILES string of the molecule is CC(c1ccccc1N1CCC(C)(C)CC1)S(=O)(=O)c1cc(S(=O)N(C)C)cs1. The molecule has 0 N–H and O–H groups in total. The maximum Gasteiger partial charge on any atom is 0.194 e. The van der Waals surface area contributed by atoms with Crippen LogP contribution < -0.4 is 4.90 Å². The number of rotatable bonds is 6. The molecule has 1 fully saturated rings. The molecule has 1 aromatic heterocycles. The topological polar surface area (TPSA) is 57.7 Å². The van der Waals surface area contributed by atoms with E-state index in [1.54, 1.807) is 36.8 Å². The summed E-state index contributed by atoms with van der Waals surface area (Å²) in [5.74, 6) is 0. The fourth-order valence-electron chi connectivity index (χ4n) is 3.57. The fraction of sp³-hybridized carbons (Fsp3) is 0.524. The second-order valence-electron chi connectivity index (χ2n) is 8.56. The minimum Gasteiger partial charge on any atom is -0.371 e. The first-order valence-electron chi connectivity index (χ1n) is 9.78. The van der Waals surface area contributed by atoms with Gasteiger partial charge >= 0.3 is 0 Å². The third-order valence-electron chi connectivity index (χ3n) is 5.66. The maximum atomic E-state index is 13.4. The first kappa shape index (κ1) is 22.5. The number of sulfone groups is 1. The van der Waals surface area contributed by atoms with Gasteiger partial charge in [0.1, 0.15) is 15.2 Å². The molecule has 1 aromatic carbocycles. The Labute approximate surface area is 181 Å². The molecule has 0 aliphatic carbocycles. The van der Waals surface area contributed by atoms with E-state index < -0.39 is 26.1 Å². The molecule has 0 saturated carbocycles. The number of anilines is 1. The van der Waals surface area contributed by atoms with Crippen molar-refractivity contribution < 1.29 is 12.6 Å². The van der Waals surface area contributed by atoms with Crippen LogP contribution in [-0.2, 0) is 20.8 Å². The van der Waals surface area contributed by atoms with Gasteiger partial charge in [-0.05, 0) is 57.0 Å². The van der Waals surface area contributed by atoms with E-state index in [2.05, 4.69) is 18.7 Å². The minimum absolute atomic E-state index is 0.268. The average molecular weight is 455 g/mol. The van der Waals surface area contributed by atoms with E-state index in [0.29, 0.717) is 10.3 Å². The molecular formula is C21H30N2O3S3. The molecule has 160 valence electrons. The highest BCUT2D eigenvalue weighted by Crippen LogP contribution is 2.39. The van der Waals surface area contributed by atoms with Crippen LogP contribution in [-0.4, -0.2) is 44.1 Å². The molecule has 0 radical (unpaired) electrons. The van der Waals surface area contributed by atoms with Crippen molar-refractivity contribution in [1.29, 1.82) is 0 Å². The largest absolute Gasteiger partial charge is 0.371 e. The summed E-state index contributed by atoms with van der Waals surface area (Å²) < 4.78 is 40.8. The molecule has 0 bridgehead atoms. The number of benzene rings is 1. The van der Waals surface area contributed by atoms with Gasteiger partial charge in [-0.1, -0.05) is 32.0 Å².